The summed E-state index contributed by atoms with van der Waals surface area (Å²) in [6.45, 7) is 0. The third-order valence-corrected chi connectivity index (χ3v) is 3.21. The van der Waals surface area contributed by atoms with Crippen LogP contribution in [0, 0.1) is 0 Å². The van der Waals surface area contributed by atoms with Crippen LogP contribution >= 0.6 is 22.9 Å². The molecule has 2 rings (SSSR count). The molecule has 4 heteroatoms. The van der Waals surface area contributed by atoms with E-state index in [0.29, 0.717) is 11.4 Å². The number of aliphatic hydroxyl groups excluding tert-OH is 1. The van der Waals surface area contributed by atoms with Gasteiger partial charge >= 0.3 is 0 Å². The van der Waals surface area contributed by atoms with E-state index in [9.17, 15) is 5.11 Å². The predicted octanol–water partition coefficient (Wildman–Crippen LogP) is 3.07. The van der Waals surface area contributed by atoms with Crippen LogP contribution in [-0.4, -0.2) is 10.1 Å². The largest absolute Gasteiger partial charge is 0.387 e. The number of aromatic nitrogens is 1. The van der Waals surface area contributed by atoms with Crippen molar-refractivity contribution >= 4 is 22.9 Å². The number of halogens is 1. The fraction of sp³-hybridized carbons (Fsp3) is 0.182. The molecule has 2 aromatic rings. The quantitative estimate of drug-likeness (QED) is 0.893. The van der Waals surface area contributed by atoms with E-state index in [4.69, 9.17) is 11.6 Å². The lowest BCUT2D eigenvalue weighted by Gasteiger charge is -2.07. The molecule has 0 radical (unpaired) electrons. The minimum atomic E-state index is -0.490. The van der Waals surface area contributed by atoms with Gasteiger partial charge in [-0.2, -0.15) is 0 Å². The van der Waals surface area contributed by atoms with Gasteiger partial charge in [-0.25, -0.2) is 0 Å². The second kappa shape index (κ2) is 4.75. The monoisotopic (exact) mass is 239 g/mol. The molecule has 15 heavy (non-hydrogen) atoms. The van der Waals surface area contributed by atoms with Crippen LogP contribution in [0.25, 0.3) is 0 Å². The van der Waals surface area contributed by atoms with Gasteiger partial charge in [0.15, 0.2) is 0 Å². The van der Waals surface area contributed by atoms with Crippen molar-refractivity contribution in [1.29, 1.82) is 0 Å². The average Bonchev–Trinajstić information content (AvgIpc) is 2.70. The zero-order valence-electron chi connectivity index (χ0n) is 7.93. The molecule has 1 aromatic heterocycles. The highest BCUT2D eigenvalue weighted by Gasteiger charge is 2.09. The lowest BCUT2D eigenvalue weighted by Crippen LogP contribution is -1.99. The van der Waals surface area contributed by atoms with Crippen LogP contribution in [0.4, 0.5) is 0 Å². The predicted molar refractivity (Wildman–Crippen MR) is 62.2 cm³/mol. The molecule has 78 valence electrons. The van der Waals surface area contributed by atoms with Gasteiger partial charge in [0.2, 0.25) is 0 Å². The van der Waals surface area contributed by atoms with Crippen LogP contribution in [-0.2, 0) is 6.42 Å². The van der Waals surface area contributed by atoms with Gasteiger partial charge in [0.25, 0.3) is 0 Å². The summed E-state index contributed by atoms with van der Waals surface area (Å²) < 4.78 is 0. The molecule has 0 aliphatic heterocycles. The van der Waals surface area contributed by atoms with Gasteiger partial charge in [0, 0.05) is 17.6 Å². The van der Waals surface area contributed by atoms with Gasteiger partial charge < -0.3 is 5.11 Å². The molecule has 0 aliphatic carbocycles. The van der Waals surface area contributed by atoms with E-state index in [1.807, 2.05) is 24.3 Å². The first-order valence-electron chi connectivity index (χ1n) is 4.56. The number of hydrogen-bond donors (Lipinski definition) is 1. The molecule has 0 bridgehead atoms. The number of rotatable bonds is 3. The van der Waals surface area contributed by atoms with Crippen molar-refractivity contribution in [2.45, 2.75) is 12.5 Å². The van der Waals surface area contributed by atoms with Crippen LogP contribution < -0.4 is 0 Å². The van der Waals surface area contributed by atoms with Crippen molar-refractivity contribution in [2.75, 3.05) is 0 Å². The highest BCUT2D eigenvalue weighted by molar-refractivity contribution is 7.09. The fourth-order valence-corrected chi connectivity index (χ4v) is 2.20. The van der Waals surface area contributed by atoms with Crippen molar-refractivity contribution in [3.8, 4) is 0 Å². The Bertz CT molecular complexity index is 430. The summed E-state index contributed by atoms with van der Waals surface area (Å²) in [4.78, 5) is 4.82. The van der Waals surface area contributed by atoms with Crippen LogP contribution in [0.15, 0.2) is 36.0 Å². The summed E-state index contributed by atoms with van der Waals surface area (Å²) in [6, 6.07) is 7.53. The van der Waals surface area contributed by atoms with E-state index < -0.39 is 6.10 Å². The molecule has 1 unspecified atom stereocenters. The van der Waals surface area contributed by atoms with Crippen LogP contribution in [0.2, 0.25) is 5.02 Å². The van der Waals surface area contributed by atoms with Gasteiger partial charge in [-0.1, -0.05) is 23.7 Å². The molecule has 1 aromatic carbocycles. The summed E-state index contributed by atoms with van der Waals surface area (Å²) in [6.07, 6.45) is 1.78. The molecule has 0 saturated heterocycles. The molecule has 0 fully saturated rings. The topological polar surface area (TPSA) is 33.1 Å². The lowest BCUT2D eigenvalue weighted by atomic mass is 10.1. The minimum Gasteiger partial charge on any atom is -0.387 e. The zero-order valence-corrected chi connectivity index (χ0v) is 9.50. The van der Waals surface area contributed by atoms with Crippen molar-refractivity contribution in [2.24, 2.45) is 0 Å². The Morgan fingerprint density at radius 1 is 1.47 bits per heavy atom. The molecule has 0 spiro atoms. The first-order chi connectivity index (χ1) is 7.25. The zero-order chi connectivity index (χ0) is 10.7. The highest BCUT2D eigenvalue weighted by Crippen LogP contribution is 2.22. The van der Waals surface area contributed by atoms with Gasteiger partial charge in [-0.3, -0.25) is 4.98 Å². The van der Waals surface area contributed by atoms with Crippen molar-refractivity contribution < 1.29 is 5.11 Å². The smallest absolute Gasteiger partial charge is 0.0938 e. The molecular weight excluding hydrogens is 230 g/mol. The Hall–Kier alpha value is -0.900. The Balaban J connectivity index is 2.09. The Morgan fingerprint density at radius 3 is 3.00 bits per heavy atom. The summed E-state index contributed by atoms with van der Waals surface area (Å²) in [5.41, 5.74) is 2.75. The summed E-state index contributed by atoms with van der Waals surface area (Å²) in [5.74, 6) is 0. The summed E-state index contributed by atoms with van der Waals surface area (Å²) in [5, 5.41) is 10.6. The third-order valence-electron chi connectivity index (χ3n) is 2.10. The standard InChI is InChI=1S/C11H10ClNOS/c12-9-3-1-2-8(4-9)5-10(14)11-6-13-7-15-11/h1-4,6-7,10,14H,5H2. The molecule has 0 saturated carbocycles. The number of thiazole rings is 1. The SMILES string of the molecule is OC(Cc1cccc(Cl)c1)c1cncs1. The second-order valence-corrected chi connectivity index (χ2v) is 4.61. The molecular formula is C11H10ClNOS. The number of hydrogen-bond acceptors (Lipinski definition) is 3. The fourth-order valence-electron chi connectivity index (χ4n) is 1.38. The third kappa shape index (κ3) is 2.78. The van der Waals surface area contributed by atoms with Crippen molar-refractivity contribution in [3.63, 3.8) is 0 Å². The molecule has 1 atom stereocenters. The van der Waals surface area contributed by atoms with E-state index in [-0.39, 0.29) is 0 Å². The van der Waals surface area contributed by atoms with Crippen molar-refractivity contribution in [1.82, 2.24) is 4.98 Å². The average molecular weight is 240 g/mol. The van der Waals surface area contributed by atoms with E-state index in [2.05, 4.69) is 4.98 Å². The lowest BCUT2D eigenvalue weighted by molar-refractivity contribution is 0.182. The first-order valence-corrected chi connectivity index (χ1v) is 5.82. The Morgan fingerprint density at radius 2 is 2.33 bits per heavy atom. The van der Waals surface area contributed by atoms with Gasteiger partial charge in [0.05, 0.1) is 16.5 Å². The number of aliphatic hydroxyl groups is 1. The molecule has 0 aliphatic rings. The van der Waals surface area contributed by atoms with Crippen LogP contribution in [0.5, 0.6) is 0 Å². The Kier molecular flexibility index (Phi) is 3.36. The molecule has 0 amide bonds. The van der Waals surface area contributed by atoms with E-state index in [1.165, 1.54) is 11.3 Å². The van der Waals surface area contributed by atoms with Gasteiger partial charge in [-0.15, -0.1) is 11.3 Å². The summed E-state index contributed by atoms with van der Waals surface area (Å²) >= 11 is 7.32. The van der Waals surface area contributed by atoms with Gasteiger partial charge in [-0.05, 0) is 17.7 Å². The molecule has 1 heterocycles. The van der Waals surface area contributed by atoms with E-state index in [0.717, 1.165) is 10.4 Å². The molecule has 2 nitrogen and oxygen atoms in total. The van der Waals surface area contributed by atoms with E-state index in [1.54, 1.807) is 11.7 Å². The maximum Gasteiger partial charge on any atom is 0.0938 e. The van der Waals surface area contributed by atoms with Crippen LogP contribution in [0.3, 0.4) is 0 Å². The molecule has 1 N–H and O–H groups in total. The summed E-state index contributed by atoms with van der Waals surface area (Å²) in [7, 11) is 0. The van der Waals surface area contributed by atoms with E-state index >= 15 is 0 Å². The van der Waals surface area contributed by atoms with Crippen LogP contribution in [0.1, 0.15) is 16.5 Å². The maximum atomic E-state index is 9.88. The van der Waals surface area contributed by atoms with Crippen molar-refractivity contribution in [3.05, 3.63) is 51.4 Å². The highest BCUT2D eigenvalue weighted by atomic mass is 35.5. The Labute approximate surface area is 97.2 Å². The number of nitrogens with zero attached hydrogens (tertiary/aromatic N) is 1. The maximum absolute atomic E-state index is 9.88. The normalized spacial score (nSPS) is 12.7. The second-order valence-electron chi connectivity index (χ2n) is 3.25. The first kappa shape index (κ1) is 10.6. The van der Waals surface area contributed by atoms with Gasteiger partial charge in [0.1, 0.15) is 0 Å². The number of benzene rings is 1. The minimum absolute atomic E-state index is 0.490.